The van der Waals surface area contributed by atoms with Gasteiger partial charge in [0, 0.05) is 19.4 Å². The van der Waals surface area contributed by atoms with Crippen LogP contribution in [-0.4, -0.2) is 30.1 Å². The molecule has 0 spiro atoms. The summed E-state index contributed by atoms with van der Waals surface area (Å²) in [5.41, 5.74) is 0. The standard InChI is InChI=1S/C11H20O4/c1-5-8(12)7(3)10(11(13)14)9(6-2)15-4/h7,9-10H,5-6H2,1-4H3,(H,13,14). The van der Waals surface area contributed by atoms with E-state index in [9.17, 15) is 9.59 Å². The van der Waals surface area contributed by atoms with Gasteiger partial charge in [0.2, 0.25) is 0 Å². The van der Waals surface area contributed by atoms with Crippen molar-refractivity contribution in [2.45, 2.75) is 39.7 Å². The molecule has 4 heteroatoms. The number of hydrogen-bond acceptors (Lipinski definition) is 3. The zero-order valence-electron chi connectivity index (χ0n) is 9.82. The second-order valence-corrected chi connectivity index (χ2v) is 3.65. The number of Topliss-reactive ketones (excluding diaryl/α,β-unsaturated/α-hetero) is 1. The van der Waals surface area contributed by atoms with E-state index in [-0.39, 0.29) is 5.78 Å². The first-order valence-electron chi connectivity index (χ1n) is 5.27. The van der Waals surface area contributed by atoms with Gasteiger partial charge in [0.15, 0.2) is 0 Å². The van der Waals surface area contributed by atoms with E-state index in [0.29, 0.717) is 12.8 Å². The van der Waals surface area contributed by atoms with Crippen LogP contribution in [0, 0.1) is 11.8 Å². The maximum Gasteiger partial charge on any atom is 0.309 e. The molecule has 15 heavy (non-hydrogen) atoms. The van der Waals surface area contributed by atoms with Gasteiger partial charge in [0.1, 0.15) is 5.78 Å². The fraction of sp³-hybridized carbons (Fsp3) is 0.818. The van der Waals surface area contributed by atoms with Crippen molar-refractivity contribution >= 4 is 11.8 Å². The predicted octanol–water partition coefficient (Wildman–Crippen LogP) is 1.73. The van der Waals surface area contributed by atoms with Crippen molar-refractivity contribution in [1.82, 2.24) is 0 Å². The van der Waals surface area contributed by atoms with Crippen molar-refractivity contribution in [2.75, 3.05) is 7.11 Å². The quantitative estimate of drug-likeness (QED) is 0.704. The van der Waals surface area contributed by atoms with Gasteiger partial charge in [-0.1, -0.05) is 20.8 Å². The smallest absolute Gasteiger partial charge is 0.309 e. The fourth-order valence-corrected chi connectivity index (χ4v) is 1.78. The molecule has 0 aromatic heterocycles. The monoisotopic (exact) mass is 216 g/mol. The van der Waals surface area contributed by atoms with Crippen LogP contribution in [0.15, 0.2) is 0 Å². The zero-order chi connectivity index (χ0) is 12.0. The Labute approximate surface area is 90.6 Å². The molecule has 1 N–H and O–H groups in total. The number of ether oxygens (including phenoxy) is 1. The van der Waals surface area contributed by atoms with Crippen molar-refractivity contribution in [2.24, 2.45) is 11.8 Å². The number of rotatable bonds is 7. The Hall–Kier alpha value is -0.900. The van der Waals surface area contributed by atoms with Gasteiger partial charge in [0.25, 0.3) is 0 Å². The highest BCUT2D eigenvalue weighted by Crippen LogP contribution is 2.22. The molecule has 4 nitrogen and oxygen atoms in total. The lowest BCUT2D eigenvalue weighted by Crippen LogP contribution is -2.37. The van der Waals surface area contributed by atoms with Crippen LogP contribution in [0.3, 0.4) is 0 Å². The van der Waals surface area contributed by atoms with Gasteiger partial charge in [-0.15, -0.1) is 0 Å². The second-order valence-electron chi connectivity index (χ2n) is 3.65. The summed E-state index contributed by atoms with van der Waals surface area (Å²) in [6.07, 6.45) is 0.563. The molecule has 0 saturated heterocycles. The van der Waals surface area contributed by atoms with Crippen LogP contribution in [0.5, 0.6) is 0 Å². The van der Waals surface area contributed by atoms with Gasteiger partial charge in [-0.05, 0) is 6.42 Å². The summed E-state index contributed by atoms with van der Waals surface area (Å²) < 4.78 is 5.11. The minimum atomic E-state index is -0.960. The first-order valence-corrected chi connectivity index (χ1v) is 5.27. The molecule has 3 atom stereocenters. The highest BCUT2D eigenvalue weighted by atomic mass is 16.5. The van der Waals surface area contributed by atoms with Gasteiger partial charge >= 0.3 is 5.97 Å². The highest BCUT2D eigenvalue weighted by molar-refractivity contribution is 5.86. The van der Waals surface area contributed by atoms with Crippen molar-refractivity contribution in [3.63, 3.8) is 0 Å². The maximum absolute atomic E-state index is 11.5. The molecule has 0 heterocycles. The number of methoxy groups -OCH3 is 1. The molecule has 0 radical (unpaired) electrons. The van der Waals surface area contributed by atoms with E-state index < -0.39 is 23.9 Å². The molecule has 0 aliphatic carbocycles. The second kappa shape index (κ2) is 6.56. The molecule has 0 saturated carbocycles. The summed E-state index contributed by atoms with van der Waals surface area (Å²) in [5.74, 6) is -2.22. The number of carbonyl (C=O) groups excluding carboxylic acids is 1. The van der Waals surface area contributed by atoms with E-state index in [4.69, 9.17) is 9.84 Å². The number of hydrogen-bond donors (Lipinski definition) is 1. The Morgan fingerprint density at radius 3 is 2.13 bits per heavy atom. The normalized spacial score (nSPS) is 16.8. The summed E-state index contributed by atoms with van der Waals surface area (Å²) in [6, 6.07) is 0. The van der Waals surface area contributed by atoms with Crippen LogP contribution < -0.4 is 0 Å². The third-order valence-electron chi connectivity index (χ3n) is 2.79. The Morgan fingerprint density at radius 1 is 1.33 bits per heavy atom. The Bertz CT molecular complexity index is 221. The minimum absolute atomic E-state index is 0.0297. The van der Waals surface area contributed by atoms with Gasteiger partial charge in [-0.25, -0.2) is 0 Å². The first-order chi connectivity index (χ1) is 6.99. The Morgan fingerprint density at radius 2 is 1.87 bits per heavy atom. The average Bonchev–Trinajstić information content (AvgIpc) is 2.22. The largest absolute Gasteiger partial charge is 0.481 e. The van der Waals surface area contributed by atoms with Gasteiger partial charge < -0.3 is 9.84 Å². The number of aliphatic carboxylic acids is 1. The van der Waals surface area contributed by atoms with Gasteiger partial charge in [0.05, 0.1) is 12.0 Å². The molecule has 0 aromatic carbocycles. The molecule has 3 unspecified atom stereocenters. The fourth-order valence-electron chi connectivity index (χ4n) is 1.78. The number of carboxylic acids is 1. The summed E-state index contributed by atoms with van der Waals surface area (Å²) in [4.78, 5) is 22.6. The summed E-state index contributed by atoms with van der Waals surface area (Å²) in [6.45, 7) is 5.26. The van der Waals surface area contributed by atoms with Crippen LogP contribution in [0.1, 0.15) is 33.6 Å². The van der Waals surface area contributed by atoms with E-state index in [1.165, 1.54) is 7.11 Å². The molecule has 0 aromatic rings. The zero-order valence-corrected chi connectivity index (χ0v) is 9.82. The lowest BCUT2D eigenvalue weighted by Gasteiger charge is -2.25. The van der Waals surface area contributed by atoms with E-state index in [1.807, 2.05) is 6.92 Å². The minimum Gasteiger partial charge on any atom is -0.481 e. The first kappa shape index (κ1) is 14.1. The lowest BCUT2D eigenvalue weighted by atomic mass is 9.84. The van der Waals surface area contributed by atoms with Gasteiger partial charge in [-0.2, -0.15) is 0 Å². The predicted molar refractivity (Wildman–Crippen MR) is 56.7 cm³/mol. The number of carboxylic acid groups (broad SMARTS) is 1. The van der Waals surface area contributed by atoms with Crippen LogP contribution in [0.25, 0.3) is 0 Å². The van der Waals surface area contributed by atoms with Crippen molar-refractivity contribution in [1.29, 1.82) is 0 Å². The van der Waals surface area contributed by atoms with Crippen LogP contribution in [-0.2, 0) is 14.3 Å². The van der Waals surface area contributed by atoms with E-state index in [0.717, 1.165) is 0 Å². The topological polar surface area (TPSA) is 63.6 Å². The molecule has 88 valence electrons. The Balaban J connectivity index is 4.79. The van der Waals surface area contributed by atoms with Crippen molar-refractivity contribution in [3.8, 4) is 0 Å². The number of carbonyl (C=O) groups is 2. The molecule has 0 rings (SSSR count). The summed E-state index contributed by atoms with van der Waals surface area (Å²) >= 11 is 0. The van der Waals surface area contributed by atoms with Crippen LogP contribution in [0.4, 0.5) is 0 Å². The molecule has 0 fully saturated rings. The third-order valence-corrected chi connectivity index (χ3v) is 2.79. The molecule has 0 aliphatic heterocycles. The third kappa shape index (κ3) is 3.63. The van der Waals surface area contributed by atoms with Gasteiger partial charge in [-0.3, -0.25) is 9.59 Å². The molecular formula is C11H20O4. The van der Waals surface area contributed by atoms with Crippen LogP contribution in [0.2, 0.25) is 0 Å². The van der Waals surface area contributed by atoms with Crippen molar-refractivity contribution < 1.29 is 19.4 Å². The average molecular weight is 216 g/mol. The number of ketones is 1. The highest BCUT2D eigenvalue weighted by Gasteiger charge is 2.35. The molecule has 0 bridgehead atoms. The van der Waals surface area contributed by atoms with E-state index in [2.05, 4.69) is 0 Å². The van der Waals surface area contributed by atoms with Crippen molar-refractivity contribution in [3.05, 3.63) is 0 Å². The maximum atomic E-state index is 11.5. The lowest BCUT2D eigenvalue weighted by molar-refractivity contribution is -0.152. The Kier molecular flexibility index (Phi) is 6.17. The molecular weight excluding hydrogens is 196 g/mol. The van der Waals surface area contributed by atoms with E-state index >= 15 is 0 Å². The summed E-state index contributed by atoms with van der Waals surface area (Å²) in [7, 11) is 1.48. The summed E-state index contributed by atoms with van der Waals surface area (Å²) in [5, 5.41) is 9.09. The van der Waals surface area contributed by atoms with E-state index in [1.54, 1.807) is 13.8 Å². The van der Waals surface area contributed by atoms with Crippen LogP contribution >= 0.6 is 0 Å². The SMILES string of the molecule is CCC(=O)C(C)C(C(=O)O)C(CC)OC. The molecule has 0 amide bonds. The molecule has 0 aliphatic rings.